The molecule has 0 amide bonds. The minimum Gasteiger partial charge on any atom is -0.299 e. The molecule has 2 fully saturated rings. The van der Waals surface area contributed by atoms with Gasteiger partial charge in [-0.25, -0.2) is 4.98 Å². The van der Waals surface area contributed by atoms with Crippen LogP contribution in [0.2, 0.25) is 0 Å². The molecule has 0 spiro atoms. The fraction of sp³-hybridized carbons (Fsp3) is 0.455. The number of pyridine rings is 1. The second kappa shape index (κ2) is 7.41. The molecule has 2 bridgehead atoms. The van der Waals surface area contributed by atoms with Crippen LogP contribution in [-0.2, 0) is 14.9 Å². The van der Waals surface area contributed by atoms with Gasteiger partial charge in [-0.05, 0) is 49.3 Å². The standard InChI is InChI=1S/C12H11N.C10H16O4S/c1-2-5-11-9-8-10-6-3-4-7-12(10)13-11;1-9(2)7-3-4-10(9,8(11)5-7)6-15(12,13)14/h2-9H,1H3;7H,3-6H2,1-2H3,(H,12,13,14)/b5-2+;/t;7-,10-/m.0/s1. The van der Waals surface area contributed by atoms with Gasteiger partial charge in [-0.15, -0.1) is 0 Å². The molecule has 2 aliphatic carbocycles. The molecule has 1 heterocycles. The molecule has 0 unspecified atom stereocenters. The molecule has 150 valence electrons. The molecule has 2 aliphatic rings. The van der Waals surface area contributed by atoms with Crippen molar-refractivity contribution in [3.63, 3.8) is 0 Å². The van der Waals surface area contributed by atoms with E-state index in [1.54, 1.807) is 0 Å². The van der Waals surface area contributed by atoms with Gasteiger partial charge in [-0.1, -0.05) is 44.2 Å². The van der Waals surface area contributed by atoms with E-state index in [0.717, 1.165) is 17.6 Å². The zero-order valence-electron chi connectivity index (χ0n) is 16.6. The van der Waals surface area contributed by atoms with Crippen molar-refractivity contribution >= 4 is 32.9 Å². The van der Waals surface area contributed by atoms with Crippen LogP contribution in [0.1, 0.15) is 45.7 Å². The van der Waals surface area contributed by atoms with Crippen LogP contribution in [0.25, 0.3) is 17.0 Å². The Bertz CT molecular complexity index is 1030. The number of ketones is 1. The van der Waals surface area contributed by atoms with Crippen LogP contribution in [-0.4, -0.2) is 29.5 Å². The van der Waals surface area contributed by atoms with E-state index in [-0.39, 0.29) is 17.1 Å². The van der Waals surface area contributed by atoms with Gasteiger partial charge in [0.25, 0.3) is 10.1 Å². The van der Waals surface area contributed by atoms with E-state index in [0.29, 0.717) is 12.8 Å². The summed E-state index contributed by atoms with van der Waals surface area (Å²) >= 11 is 0. The minimum absolute atomic E-state index is 0.0152. The van der Waals surface area contributed by atoms with Crippen molar-refractivity contribution in [1.29, 1.82) is 0 Å². The normalized spacial score (nSPS) is 25.9. The second-order valence-electron chi connectivity index (χ2n) is 8.32. The Balaban J connectivity index is 0.000000162. The van der Waals surface area contributed by atoms with E-state index in [9.17, 15) is 13.2 Å². The van der Waals surface area contributed by atoms with Crippen LogP contribution < -0.4 is 0 Å². The Morgan fingerprint density at radius 1 is 1.21 bits per heavy atom. The molecule has 0 radical (unpaired) electrons. The lowest BCUT2D eigenvalue weighted by Crippen LogP contribution is -2.42. The average Bonchev–Trinajstić information content (AvgIpc) is 2.95. The van der Waals surface area contributed by atoms with E-state index < -0.39 is 21.3 Å². The lowest BCUT2D eigenvalue weighted by Gasteiger charge is -2.35. The van der Waals surface area contributed by atoms with Gasteiger partial charge < -0.3 is 0 Å². The van der Waals surface area contributed by atoms with Crippen molar-refractivity contribution < 1.29 is 17.8 Å². The highest BCUT2D eigenvalue weighted by molar-refractivity contribution is 7.85. The van der Waals surface area contributed by atoms with Gasteiger partial charge in [0.15, 0.2) is 0 Å². The summed E-state index contributed by atoms with van der Waals surface area (Å²) in [6.07, 6.45) is 5.98. The Morgan fingerprint density at radius 3 is 2.50 bits per heavy atom. The Hall–Kier alpha value is -2.05. The van der Waals surface area contributed by atoms with Crippen LogP contribution in [0.5, 0.6) is 0 Å². The van der Waals surface area contributed by atoms with Crippen molar-refractivity contribution in [3.05, 3.63) is 48.2 Å². The summed E-state index contributed by atoms with van der Waals surface area (Å²) in [5.41, 5.74) is 0.949. The molecular weight excluding hydrogens is 374 g/mol. The first-order valence-corrected chi connectivity index (χ1v) is 11.2. The van der Waals surface area contributed by atoms with E-state index in [2.05, 4.69) is 17.1 Å². The van der Waals surface area contributed by atoms with Crippen LogP contribution >= 0.6 is 0 Å². The van der Waals surface area contributed by atoms with Crippen molar-refractivity contribution in [2.45, 2.75) is 40.0 Å². The summed E-state index contributed by atoms with van der Waals surface area (Å²) in [5.74, 6) is -0.101. The number of nitrogens with zero attached hydrogens (tertiary/aromatic N) is 1. The van der Waals surface area contributed by atoms with Crippen molar-refractivity contribution in [1.82, 2.24) is 4.98 Å². The maximum absolute atomic E-state index is 11.9. The van der Waals surface area contributed by atoms with Gasteiger partial charge in [-0.2, -0.15) is 8.42 Å². The smallest absolute Gasteiger partial charge is 0.265 e. The number of carbonyl (C=O) groups is 1. The highest BCUT2D eigenvalue weighted by Crippen LogP contribution is 2.64. The Labute approximate surface area is 166 Å². The van der Waals surface area contributed by atoms with Gasteiger partial charge >= 0.3 is 0 Å². The highest BCUT2D eigenvalue weighted by atomic mass is 32.2. The van der Waals surface area contributed by atoms with Gasteiger partial charge in [0.05, 0.1) is 22.4 Å². The fourth-order valence-corrected chi connectivity index (χ4v) is 6.07. The van der Waals surface area contributed by atoms with E-state index in [1.165, 1.54) is 5.39 Å². The molecule has 2 atom stereocenters. The third kappa shape index (κ3) is 3.76. The van der Waals surface area contributed by atoms with Crippen LogP contribution in [0, 0.1) is 16.7 Å². The first-order valence-electron chi connectivity index (χ1n) is 9.56. The Morgan fingerprint density at radius 2 is 1.93 bits per heavy atom. The van der Waals surface area contributed by atoms with E-state index in [4.69, 9.17) is 4.55 Å². The number of fused-ring (bicyclic) bond motifs is 3. The zero-order chi connectivity index (χ0) is 20.6. The summed E-state index contributed by atoms with van der Waals surface area (Å²) in [7, 11) is -4.08. The highest BCUT2D eigenvalue weighted by Gasteiger charge is 2.65. The lowest BCUT2D eigenvalue weighted by molar-refractivity contribution is -0.128. The predicted octanol–water partition coefficient (Wildman–Crippen LogP) is 4.54. The Kier molecular flexibility index (Phi) is 5.47. The second-order valence-corrected chi connectivity index (χ2v) is 9.77. The van der Waals surface area contributed by atoms with Crippen LogP contribution in [0.4, 0.5) is 0 Å². The van der Waals surface area contributed by atoms with Gasteiger partial charge in [-0.3, -0.25) is 9.35 Å². The van der Waals surface area contributed by atoms with Crippen molar-refractivity contribution in [2.75, 3.05) is 5.75 Å². The summed E-state index contributed by atoms with van der Waals surface area (Å²) in [4.78, 5) is 16.4. The number of rotatable bonds is 3. The molecule has 6 heteroatoms. The summed E-state index contributed by atoms with van der Waals surface area (Å²) in [6, 6.07) is 12.3. The maximum atomic E-state index is 11.9. The monoisotopic (exact) mass is 401 g/mol. The number of Topliss-reactive ketones (excluding diaryl/α,β-unsaturated/α-hetero) is 1. The SMILES string of the molecule is C/C=C/c1ccc2ccccc2n1.CC1(C)[C@H]2CC[C@]1(CS(=O)(=O)O)C(=O)C2. The number of benzene rings is 1. The molecule has 28 heavy (non-hydrogen) atoms. The number of allylic oxidation sites excluding steroid dienone is 1. The lowest BCUT2D eigenvalue weighted by atomic mass is 9.70. The number of para-hydroxylation sites is 1. The van der Waals surface area contributed by atoms with Gasteiger partial charge in [0.1, 0.15) is 5.78 Å². The molecule has 2 saturated carbocycles. The molecule has 2 aromatic rings. The first kappa shape index (κ1) is 20.7. The molecule has 1 aromatic heterocycles. The summed E-state index contributed by atoms with van der Waals surface area (Å²) < 4.78 is 31.0. The minimum atomic E-state index is -4.08. The van der Waals surface area contributed by atoms with Gasteiger partial charge in [0.2, 0.25) is 0 Å². The number of carbonyl (C=O) groups excluding carboxylic acids is 1. The van der Waals surface area contributed by atoms with Gasteiger partial charge in [0, 0.05) is 11.8 Å². The number of hydrogen-bond acceptors (Lipinski definition) is 4. The molecule has 1 aromatic carbocycles. The largest absolute Gasteiger partial charge is 0.299 e. The third-order valence-corrected chi connectivity index (χ3v) is 7.38. The summed E-state index contributed by atoms with van der Waals surface area (Å²) in [5, 5.41) is 1.19. The molecule has 4 rings (SSSR count). The third-order valence-electron chi connectivity index (χ3n) is 6.53. The molecule has 5 nitrogen and oxygen atoms in total. The van der Waals surface area contributed by atoms with Crippen molar-refractivity contribution in [2.24, 2.45) is 16.7 Å². The van der Waals surface area contributed by atoms with Crippen molar-refractivity contribution in [3.8, 4) is 0 Å². The molecule has 0 saturated heterocycles. The number of aromatic nitrogens is 1. The van der Waals surface area contributed by atoms with E-state index >= 15 is 0 Å². The van der Waals surface area contributed by atoms with Crippen LogP contribution in [0.15, 0.2) is 42.5 Å². The van der Waals surface area contributed by atoms with E-state index in [1.807, 2.05) is 57.2 Å². The van der Waals surface area contributed by atoms with Crippen LogP contribution in [0.3, 0.4) is 0 Å². The number of hydrogen-bond donors (Lipinski definition) is 1. The molecular formula is C22H27NO4S. The maximum Gasteiger partial charge on any atom is 0.265 e. The summed E-state index contributed by atoms with van der Waals surface area (Å²) in [6.45, 7) is 5.89. The predicted molar refractivity (Wildman–Crippen MR) is 111 cm³/mol. The quantitative estimate of drug-likeness (QED) is 0.764. The topological polar surface area (TPSA) is 84.3 Å². The zero-order valence-corrected chi connectivity index (χ0v) is 17.4. The average molecular weight is 402 g/mol. The molecule has 0 aliphatic heterocycles. The molecule has 1 N–H and O–H groups in total. The fourth-order valence-electron chi connectivity index (χ4n) is 4.76. The first-order chi connectivity index (χ1) is 13.1.